The van der Waals surface area contributed by atoms with Gasteiger partial charge in [-0.1, -0.05) is 26.0 Å². The Morgan fingerprint density at radius 2 is 2.06 bits per heavy atom. The largest absolute Gasteiger partial charge is 0.354 e. The fourth-order valence-corrected chi connectivity index (χ4v) is 2.86. The summed E-state index contributed by atoms with van der Waals surface area (Å²) >= 11 is 0. The molecule has 2 aliphatic rings. The highest BCUT2D eigenvalue weighted by atomic mass is 15.5. The highest BCUT2D eigenvalue weighted by molar-refractivity contribution is 5.58. The summed E-state index contributed by atoms with van der Waals surface area (Å²) in [6.45, 7) is 7.00. The van der Waals surface area contributed by atoms with Gasteiger partial charge < -0.3 is 4.90 Å². The molecule has 2 heterocycles. The standard InChI is InChI=1S/C15H22N2/c1-11(2)12-6-7-14-13(9-12)5-4-8-17(14)15-10-16(15)3/h6-7,9,11,15H,4-5,8,10H2,1-3H3. The summed E-state index contributed by atoms with van der Waals surface area (Å²) in [7, 11) is 2.21. The lowest BCUT2D eigenvalue weighted by Gasteiger charge is -2.32. The molecule has 0 aromatic heterocycles. The topological polar surface area (TPSA) is 6.25 Å². The van der Waals surface area contributed by atoms with Crippen LogP contribution in [0.5, 0.6) is 0 Å². The predicted molar refractivity (Wildman–Crippen MR) is 72.6 cm³/mol. The van der Waals surface area contributed by atoms with Crippen molar-refractivity contribution in [2.45, 2.75) is 38.8 Å². The molecule has 1 aromatic carbocycles. The molecule has 0 spiro atoms. The van der Waals surface area contributed by atoms with Crippen LogP contribution in [0.4, 0.5) is 5.69 Å². The monoisotopic (exact) mass is 230 g/mol. The van der Waals surface area contributed by atoms with Crippen molar-refractivity contribution in [2.75, 3.05) is 25.0 Å². The van der Waals surface area contributed by atoms with Gasteiger partial charge in [0.1, 0.15) is 0 Å². The van der Waals surface area contributed by atoms with E-state index < -0.39 is 0 Å². The number of aryl methyl sites for hydroxylation is 1. The SMILES string of the molecule is CC(C)c1ccc2c(c1)CCCN2C1CN1C. The van der Waals surface area contributed by atoms with Crippen molar-refractivity contribution in [3.63, 3.8) is 0 Å². The van der Waals surface area contributed by atoms with Crippen LogP contribution in [-0.2, 0) is 6.42 Å². The number of anilines is 1. The van der Waals surface area contributed by atoms with E-state index in [4.69, 9.17) is 0 Å². The number of hydrogen-bond donors (Lipinski definition) is 0. The molecular formula is C15H22N2. The van der Waals surface area contributed by atoms with Crippen LogP contribution < -0.4 is 4.90 Å². The molecule has 0 amide bonds. The van der Waals surface area contributed by atoms with Gasteiger partial charge in [0.25, 0.3) is 0 Å². The highest BCUT2D eigenvalue weighted by Crippen LogP contribution is 2.34. The minimum Gasteiger partial charge on any atom is -0.354 e. The zero-order chi connectivity index (χ0) is 12.0. The van der Waals surface area contributed by atoms with E-state index in [9.17, 15) is 0 Å². The molecule has 1 saturated heterocycles. The lowest BCUT2D eigenvalue weighted by atomic mass is 9.95. The van der Waals surface area contributed by atoms with E-state index in [2.05, 4.69) is 48.9 Å². The van der Waals surface area contributed by atoms with Gasteiger partial charge in [-0.25, -0.2) is 0 Å². The molecule has 2 unspecified atom stereocenters. The van der Waals surface area contributed by atoms with Gasteiger partial charge in [0, 0.05) is 18.8 Å². The highest BCUT2D eigenvalue weighted by Gasteiger charge is 2.37. The van der Waals surface area contributed by atoms with Crippen molar-refractivity contribution in [1.82, 2.24) is 4.90 Å². The molecule has 0 saturated carbocycles. The molecule has 0 bridgehead atoms. The lowest BCUT2D eigenvalue weighted by Crippen LogP contribution is -2.33. The third-order valence-electron chi connectivity index (χ3n) is 4.11. The van der Waals surface area contributed by atoms with Gasteiger partial charge >= 0.3 is 0 Å². The first-order valence-corrected chi connectivity index (χ1v) is 6.76. The Balaban J connectivity index is 1.92. The van der Waals surface area contributed by atoms with E-state index in [-0.39, 0.29) is 0 Å². The summed E-state index contributed by atoms with van der Waals surface area (Å²) < 4.78 is 0. The first-order valence-electron chi connectivity index (χ1n) is 6.76. The minimum absolute atomic E-state index is 0.638. The van der Waals surface area contributed by atoms with Gasteiger partial charge in [-0.05, 0) is 43.0 Å². The van der Waals surface area contributed by atoms with Crippen molar-refractivity contribution < 1.29 is 0 Å². The first kappa shape index (κ1) is 11.1. The normalized spacial score (nSPS) is 27.2. The van der Waals surface area contributed by atoms with Crippen LogP contribution in [0.25, 0.3) is 0 Å². The van der Waals surface area contributed by atoms with E-state index in [1.165, 1.54) is 37.2 Å². The fourth-order valence-electron chi connectivity index (χ4n) is 2.86. The van der Waals surface area contributed by atoms with Gasteiger partial charge in [-0.15, -0.1) is 0 Å². The van der Waals surface area contributed by atoms with Crippen molar-refractivity contribution in [2.24, 2.45) is 0 Å². The Bertz CT molecular complexity index is 425. The van der Waals surface area contributed by atoms with Crippen LogP contribution in [-0.4, -0.2) is 31.2 Å². The van der Waals surface area contributed by atoms with Gasteiger partial charge in [0.05, 0.1) is 6.17 Å². The van der Waals surface area contributed by atoms with Crippen LogP contribution >= 0.6 is 0 Å². The second kappa shape index (κ2) is 4.02. The van der Waals surface area contributed by atoms with Gasteiger partial charge in [-0.2, -0.15) is 0 Å². The summed E-state index contributed by atoms with van der Waals surface area (Å²) in [4.78, 5) is 4.99. The summed E-state index contributed by atoms with van der Waals surface area (Å²) in [5.74, 6) is 0.638. The molecule has 0 radical (unpaired) electrons. The average molecular weight is 230 g/mol. The van der Waals surface area contributed by atoms with E-state index >= 15 is 0 Å². The van der Waals surface area contributed by atoms with Crippen molar-refractivity contribution >= 4 is 5.69 Å². The second-order valence-corrected chi connectivity index (χ2v) is 5.76. The Morgan fingerprint density at radius 1 is 1.29 bits per heavy atom. The molecule has 17 heavy (non-hydrogen) atoms. The van der Waals surface area contributed by atoms with Crippen LogP contribution in [0.15, 0.2) is 18.2 Å². The van der Waals surface area contributed by atoms with E-state index in [1.54, 1.807) is 5.56 Å². The number of nitrogens with zero attached hydrogens (tertiary/aromatic N) is 2. The van der Waals surface area contributed by atoms with Crippen LogP contribution in [0.1, 0.15) is 37.3 Å². The Hall–Kier alpha value is -1.02. The molecular weight excluding hydrogens is 208 g/mol. The van der Waals surface area contributed by atoms with Gasteiger partial charge in [0.2, 0.25) is 0 Å². The van der Waals surface area contributed by atoms with Crippen LogP contribution in [0.2, 0.25) is 0 Å². The maximum Gasteiger partial charge on any atom is 0.0949 e. The molecule has 92 valence electrons. The molecule has 2 nitrogen and oxygen atoms in total. The minimum atomic E-state index is 0.638. The number of hydrogen-bond acceptors (Lipinski definition) is 2. The zero-order valence-electron chi connectivity index (χ0n) is 11.1. The van der Waals surface area contributed by atoms with Gasteiger partial charge in [-0.3, -0.25) is 4.90 Å². The third kappa shape index (κ3) is 1.95. The van der Waals surface area contributed by atoms with Crippen molar-refractivity contribution in [3.8, 4) is 0 Å². The van der Waals surface area contributed by atoms with E-state index in [0.29, 0.717) is 12.1 Å². The Morgan fingerprint density at radius 3 is 2.71 bits per heavy atom. The summed E-state index contributed by atoms with van der Waals surface area (Å²) in [6, 6.07) is 7.08. The van der Waals surface area contributed by atoms with Crippen LogP contribution in [0.3, 0.4) is 0 Å². The number of likely N-dealkylation sites (N-methyl/N-ethyl adjacent to an activating group) is 1. The number of rotatable bonds is 2. The number of benzene rings is 1. The van der Waals surface area contributed by atoms with E-state index in [1.807, 2.05) is 0 Å². The fraction of sp³-hybridized carbons (Fsp3) is 0.600. The molecule has 0 aliphatic carbocycles. The number of fused-ring (bicyclic) bond motifs is 1. The summed E-state index contributed by atoms with van der Waals surface area (Å²) in [6.07, 6.45) is 3.22. The quantitative estimate of drug-likeness (QED) is 0.721. The summed E-state index contributed by atoms with van der Waals surface area (Å²) in [5, 5.41) is 0. The van der Waals surface area contributed by atoms with Crippen molar-refractivity contribution in [3.05, 3.63) is 29.3 Å². The average Bonchev–Trinajstić information content (AvgIpc) is 3.04. The second-order valence-electron chi connectivity index (χ2n) is 5.76. The van der Waals surface area contributed by atoms with E-state index in [0.717, 1.165) is 0 Å². The molecule has 2 aliphatic heterocycles. The smallest absolute Gasteiger partial charge is 0.0949 e. The maximum atomic E-state index is 2.59. The Kier molecular flexibility index (Phi) is 2.62. The zero-order valence-corrected chi connectivity index (χ0v) is 11.1. The molecule has 1 fully saturated rings. The Labute approximate surface area is 104 Å². The predicted octanol–water partition coefficient (Wildman–Crippen LogP) is 2.83. The molecule has 0 N–H and O–H groups in total. The summed E-state index contributed by atoms with van der Waals surface area (Å²) in [5.41, 5.74) is 4.52. The van der Waals surface area contributed by atoms with Gasteiger partial charge in [0.15, 0.2) is 0 Å². The first-order chi connectivity index (χ1) is 8.16. The molecule has 3 rings (SSSR count). The van der Waals surface area contributed by atoms with Crippen molar-refractivity contribution in [1.29, 1.82) is 0 Å². The third-order valence-corrected chi connectivity index (χ3v) is 4.11. The molecule has 2 heteroatoms. The molecule has 1 aromatic rings. The lowest BCUT2D eigenvalue weighted by molar-refractivity contribution is 0.565. The molecule has 2 atom stereocenters. The maximum absolute atomic E-state index is 2.59. The van der Waals surface area contributed by atoms with Crippen LogP contribution in [0, 0.1) is 0 Å².